The molecular weight excluding hydrogens is 614 g/mol. The molecule has 3 fully saturated rings. The van der Waals surface area contributed by atoms with Gasteiger partial charge in [-0.05, 0) is 57.9 Å². The molecule has 200 valence electrons. The summed E-state index contributed by atoms with van der Waals surface area (Å²) >= 11 is 7.16. The van der Waals surface area contributed by atoms with Gasteiger partial charge in [-0.2, -0.15) is 0 Å². The van der Waals surface area contributed by atoms with E-state index in [1.165, 1.54) is 19.6 Å². The van der Waals surface area contributed by atoms with Gasteiger partial charge in [-0.25, -0.2) is 19.2 Å². The summed E-state index contributed by atoms with van der Waals surface area (Å²) in [6.45, 7) is 9.15. The van der Waals surface area contributed by atoms with Gasteiger partial charge in [0.1, 0.15) is 0 Å². The smallest absolute Gasteiger partial charge is 0.359 e. The Morgan fingerprint density at radius 3 is 1.54 bits per heavy atom. The fourth-order valence-corrected chi connectivity index (χ4v) is 6.87. The van der Waals surface area contributed by atoms with Crippen LogP contribution in [0.2, 0.25) is 0 Å². The van der Waals surface area contributed by atoms with Crippen molar-refractivity contribution < 1.29 is 28.7 Å². The van der Waals surface area contributed by atoms with Crippen LogP contribution in [-0.4, -0.2) is 91.9 Å². The van der Waals surface area contributed by atoms with Crippen LogP contribution in [0.3, 0.4) is 0 Å². The van der Waals surface area contributed by atoms with Crippen LogP contribution in [0, 0.1) is 0 Å². The number of nitrogens with zero attached hydrogens (tertiary/aromatic N) is 5. The number of carbonyl (C=O) groups is 4. The topological polar surface area (TPSA) is 103 Å². The molecule has 37 heavy (non-hydrogen) atoms. The molecule has 0 aliphatic carbocycles. The molecule has 0 aromatic heterocycles. The highest BCUT2D eigenvalue weighted by Gasteiger charge is 2.88. The first-order chi connectivity index (χ1) is 17.4. The van der Waals surface area contributed by atoms with Crippen molar-refractivity contribution in [3.05, 3.63) is 32.2 Å². The van der Waals surface area contributed by atoms with Gasteiger partial charge in [0.05, 0.1) is 39.6 Å². The molecule has 0 radical (unpaired) electrons. The molecule has 4 aliphatic heterocycles. The third kappa shape index (κ3) is 3.13. The second-order valence-corrected chi connectivity index (χ2v) is 12.1. The summed E-state index contributed by atoms with van der Waals surface area (Å²) in [6.07, 6.45) is 0. The van der Waals surface area contributed by atoms with Crippen LogP contribution in [0.4, 0.5) is 9.59 Å². The zero-order chi connectivity index (χ0) is 27.1. The fraction of sp³-hybridized carbons (Fsp3) is 0.583. The first-order valence-corrected chi connectivity index (χ1v) is 13.7. The second-order valence-electron chi connectivity index (χ2n) is 10.4. The molecule has 0 spiro atoms. The van der Waals surface area contributed by atoms with E-state index in [-0.39, 0.29) is 39.6 Å². The van der Waals surface area contributed by atoms with Crippen molar-refractivity contribution in [1.82, 2.24) is 24.5 Å². The van der Waals surface area contributed by atoms with E-state index >= 15 is 0 Å². The largest absolute Gasteiger partial charge is 0.463 e. The van der Waals surface area contributed by atoms with E-state index in [0.717, 1.165) is 20.1 Å². The van der Waals surface area contributed by atoms with Gasteiger partial charge in [0.2, 0.25) is 0 Å². The molecule has 1 aromatic carbocycles. The molecule has 0 saturated carbocycles. The average Bonchev–Trinajstić information content (AvgIpc) is 3.09. The number of esters is 2. The van der Waals surface area contributed by atoms with E-state index in [0.29, 0.717) is 0 Å². The molecule has 11 nitrogen and oxygen atoms in total. The van der Waals surface area contributed by atoms with Gasteiger partial charge >= 0.3 is 24.0 Å². The standard InChI is InChI=1S/C24H29Br2N5O6/c1-6-36-18(32)23-24(19(33)37-7-2)30-12-27(22(3,4)5)13-31(24)21(35)29(23)11-15-14(10-28(23)20(30)34)16(25)8-9-17(15)26/h8-9H,6-7,10-13H2,1-5H3. The zero-order valence-corrected chi connectivity index (χ0v) is 24.5. The predicted molar refractivity (Wildman–Crippen MR) is 137 cm³/mol. The Labute approximate surface area is 231 Å². The van der Waals surface area contributed by atoms with Gasteiger partial charge in [-0.1, -0.05) is 31.9 Å². The Kier molecular flexibility index (Phi) is 6.07. The Hall–Kier alpha value is -2.38. The highest BCUT2D eigenvalue weighted by molar-refractivity contribution is 9.11. The van der Waals surface area contributed by atoms with Gasteiger partial charge in [-0.15, -0.1) is 0 Å². The van der Waals surface area contributed by atoms with E-state index in [1.54, 1.807) is 13.8 Å². The van der Waals surface area contributed by atoms with Crippen molar-refractivity contribution in [1.29, 1.82) is 0 Å². The molecule has 1 aromatic rings. The molecule has 5 rings (SSSR count). The Morgan fingerprint density at radius 1 is 0.811 bits per heavy atom. The maximum absolute atomic E-state index is 14.3. The van der Waals surface area contributed by atoms with E-state index in [9.17, 15) is 19.2 Å². The van der Waals surface area contributed by atoms with E-state index in [2.05, 4.69) is 31.9 Å². The molecule has 0 bridgehead atoms. The quantitative estimate of drug-likeness (QED) is 0.465. The van der Waals surface area contributed by atoms with Crippen LogP contribution >= 0.6 is 31.9 Å². The minimum atomic E-state index is -2.09. The Bertz CT molecular complexity index is 1160. The summed E-state index contributed by atoms with van der Waals surface area (Å²) < 4.78 is 12.5. The number of hydrogen-bond donors (Lipinski definition) is 0. The molecule has 4 heterocycles. The maximum atomic E-state index is 14.3. The molecule has 0 unspecified atom stereocenters. The SMILES string of the molecule is CCOC(=O)C12N3Cc4c(Br)ccc(Br)c4CN1C(=O)N1CN(C(C)(C)C)CN(C3=O)C12C(=O)OCC. The van der Waals surface area contributed by atoms with E-state index in [4.69, 9.17) is 9.47 Å². The van der Waals surface area contributed by atoms with Crippen molar-refractivity contribution in [3.8, 4) is 0 Å². The molecule has 4 aliphatic rings. The van der Waals surface area contributed by atoms with Crippen LogP contribution in [0.5, 0.6) is 0 Å². The van der Waals surface area contributed by atoms with Crippen LogP contribution in [0.15, 0.2) is 21.1 Å². The number of fused-ring (bicyclic) bond motifs is 1. The lowest BCUT2D eigenvalue weighted by molar-refractivity contribution is -0.203. The summed E-state index contributed by atoms with van der Waals surface area (Å²) in [5.74, 6) is -1.69. The van der Waals surface area contributed by atoms with Gasteiger partial charge in [0.15, 0.2) is 0 Å². The molecule has 4 amide bonds. The van der Waals surface area contributed by atoms with E-state index in [1.807, 2.05) is 37.8 Å². The average molecular weight is 643 g/mol. The number of carbonyl (C=O) groups excluding carboxylic acids is 4. The van der Waals surface area contributed by atoms with Crippen LogP contribution in [-0.2, 0) is 32.2 Å². The van der Waals surface area contributed by atoms with Gasteiger partial charge in [0, 0.05) is 14.5 Å². The first-order valence-electron chi connectivity index (χ1n) is 12.1. The van der Waals surface area contributed by atoms with Crippen LogP contribution < -0.4 is 0 Å². The summed E-state index contributed by atoms with van der Waals surface area (Å²) in [7, 11) is 0. The van der Waals surface area contributed by atoms with Gasteiger partial charge in [-0.3, -0.25) is 24.5 Å². The number of rotatable bonds is 4. The molecule has 13 heteroatoms. The van der Waals surface area contributed by atoms with Crippen molar-refractivity contribution in [3.63, 3.8) is 0 Å². The zero-order valence-electron chi connectivity index (χ0n) is 21.3. The fourth-order valence-electron chi connectivity index (χ4n) is 5.87. The van der Waals surface area contributed by atoms with Crippen molar-refractivity contribution in [2.24, 2.45) is 0 Å². The summed E-state index contributed by atoms with van der Waals surface area (Å²) in [5.41, 5.74) is -3.15. The summed E-state index contributed by atoms with van der Waals surface area (Å²) in [6, 6.07) is 2.55. The lowest BCUT2D eigenvalue weighted by atomic mass is 9.89. The molecule has 0 N–H and O–H groups in total. The van der Waals surface area contributed by atoms with Crippen LogP contribution in [0.1, 0.15) is 45.7 Å². The van der Waals surface area contributed by atoms with E-state index < -0.39 is 40.9 Å². The third-order valence-electron chi connectivity index (χ3n) is 7.61. The second kappa shape index (κ2) is 8.57. The maximum Gasteiger partial charge on any atom is 0.359 e. The number of amides is 4. The minimum Gasteiger partial charge on any atom is -0.463 e. The molecule has 3 saturated heterocycles. The molecular formula is C24H29Br2N5O6. The number of hydrogen-bond acceptors (Lipinski definition) is 7. The lowest BCUT2D eigenvalue weighted by Crippen LogP contribution is -2.79. The number of halogens is 2. The van der Waals surface area contributed by atoms with Crippen molar-refractivity contribution >= 4 is 55.9 Å². The normalized spacial score (nSPS) is 26.8. The third-order valence-corrected chi connectivity index (χ3v) is 9.10. The number of ether oxygens (including phenoxy) is 2. The van der Waals surface area contributed by atoms with Crippen molar-refractivity contribution in [2.45, 2.75) is 64.6 Å². The highest BCUT2D eigenvalue weighted by Crippen LogP contribution is 2.57. The van der Waals surface area contributed by atoms with Gasteiger partial charge < -0.3 is 9.47 Å². The summed E-state index contributed by atoms with van der Waals surface area (Å²) in [5, 5.41) is 0. The number of benzene rings is 1. The van der Waals surface area contributed by atoms with Crippen LogP contribution in [0.25, 0.3) is 0 Å². The van der Waals surface area contributed by atoms with Gasteiger partial charge in [0.25, 0.3) is 11.3 Å². The lowest BCUT2D eigenvalue weighted by Gasteiger charge is -2.52. The summed E-state index contributed by atoms with van der Waals surface area (Å²) in [4.78, 5) is 64.0. The highest BCUT2D eigenvalue weighted by atomic mass is 79.9. The van der Waals surface area contributed by atoms with Crippen molar-refractivity contribution in [2.75, 3.05) is 26.6 Å². The molecule has 0 atom stereocenters. The number of urea groups is 2. The predicted octanol–water partition coefficient (Wildman–Crippen LogP) is 3.25. The first kappa shape index (κ1) is 26.2. The Morgan fingerprint density at radius 2 is 1.19 bits per heavy atom. The minimum absolute atomic E-state index is 0.00198. The Balaban J connectivity index is 1.86. The monoisotopic (exact) mass is 641 g/mol.